The van der Waals surface area contributed by atoms with Crippen LogP contribution in [0, 0.1) is 0 Å². The summed E-state index contributed by atoms with van der Waals surface area (Å²) in [5.41, 5.74) is 4.63. The molecule has 0 saturated carbocycles. The number of anilines is 1. The van der Waals surface area contributed by atoms with Crippen LogP contribution in [0.2, 0.25) is 0 Å². The molecule has 9 heteroatoms. The first kappa shape index (κ1) is 21.8. The van der Waals surface area contributed by atoms with Crippen LogP contribution >= 0.6 is 0 Å². The van der Waals surface area contributed by atoms with Gasteiger partial charge in [0.2, 0.25) is 5.75 Å². The van der Waals surface area contributed by atoms with Crippen molar-refractivity contribution in [3.63, 3.8) is 0 Å². The number of rotatable bonds is 6. The van der Waals surface area contributed by atoms with Gasteiger partial charge in [0, 0.05) is 11.3 Å². The molecule has 4 rings (SSSR count). The Labute approximate surface area is 190 Å². The van der Waals surface area contributed by atoms with E-state index < -0.39 is 12.1 Å². The average molecular weight is 449 g/mol. The molecule has 0 aliphatic carbocycles. The van der Waals surface area contributed by atoms with Gasteiger partial charge in [0.25, 0.3) is 11.8 Å². The van der Waals surface area contributed by atoms with Crippen molar-refractivity contribution in [2.24, 2.45) is 0 Å². The summed E-state index contributed by atoms with van der Waals surface area (Å²) in [5, 5.41) is 14.2. The van der Waals surface area contributed by atoms with Crippen molar-refractivity contribution in [1.82, 2.24) is 10.4 Å². The Balaban J connectivity index is 1.72. The zero-order valence-corrected chi connectivity index (χ0v) is 18.3. The van der Waals surface area contributed by atoms with Gasteiger partial charge in [0.05, 0.1) is 26.9 Å². The second kappa shape index (κ2) is 8.99. The first-order valence-corrected chi connectivity index (χ1v) is 10.1. The fraction of sp³-hybridized carbons (Fsp3) is 0.167. The number of phenols is 1. The minimum atomic E-state index is -0.709. The molecule has 1 aliphatic rings. The number of benzene rings is 3. The highest BCUT2D eigenvalue weighted by atomic mass is 16.5. The van der Waals surface area contributed by atoms with Crippen LogP contribution in [0.4, 0.5) is 5.69 Å². The smallest absolute Gasteiger partial charge is 0.276 e. The lowest BCUT2D eigenvalue weighted by Gasteiger charge is -2.37. The minimum absolute atomic E-state index is 0.0919. The number of carbonyl (C=O) groups is 2. The average Bonchev–Trinajstić information content (AvgIpc) is 2.85. The molecule has 2 amide bonds. The van der Waals surface area contributed by atoms with E-state index in [1.807, 2.05) is 6.07 Å². The van der Waals surface area contributed by atoms with Gasteiger partial charge in [-0.1, -0.05) is 24.3 Å². The molecule has 0 aromatic heterocycles. The van der Waals surface area contributed by atoms with E-state index in [0.717, 1.165) is 0 Å². The first-order chi connectivity index (χ1) is 16.0. The molecule has 0 saturated heterocycles. The van der Waals surface area contributed by atoms with E-state index >= 15 is 0 Å². The SMILES string of the molecule is COc1cc(C(=O)NN2C(=O)c3ccccc3NC2c2ccc(O)cc2)cc(OC)c1OC. The van der Waals surface area contributed by atoms with Gasteiger partial charge in [-0.25, -0.2) is 5.01 Å². The number of nitrogens with zero attached hydrogens (tertiary/aromatic N) is 1. The fourth-order valence-electron chi connectivity index (χ4n) is 3.64. The Kier molecular flexibility index (Phi) is 5.95. The maximum Gasteiger partial charge on any atom is 0.276 e. The van der Waals surface area contributed by atoms with Gasteiger partial charge in [-0.05, 0) is 42.0 Å². The number of carbonyl (C=O) groups excluding carboxylic acids is 2. The van der Waals surface area contributed by atoms with E-state index in [2.05, 4.69) is 10.7 Å². The molecule has 1 atom stereocenters. The topological polar surface area (TPSA) is 109 Å². The molecule has 3 N–H and O–H groups in total. The Bertz CT molecular complexity index is 1170. The van der Waals surface area contributed by atoms with Crippen molar-refractivity contribution in [3.8, 4) is 23.0 Å². The summed E-state index contributed by atoms with van der Waals surface area (Å²) in [4.78, 5) is 26.5. The number of hydrogen-bond acceptors (Lipinski definition) is 7. The number of methoxy groups -OCH3 is 3. The molecule has 3 aromatic carbocycles. The zero-order valence-electron chi connectivity index (χ0n) is 18.3. The van der Waals surface area contributed by atoms with Crippen LogP contribution in [0.25, 0.3) is 0 Å². The quantitative estimate of drug-likeness (QED) is 0.530. The van der Waals surface area contributed by atoms with E-state index in [1.54, 1.807) is 30.3 Å². The first-order valence-electron chi connectivity index (χ1n) is 10.1. The Hall–Kier alpha value is -4.40. The van der Waals surface area contributed by atoms with Crippen LogP contribution in [0.15, 0.2) is 60.7 Å². The zero-order chi connectivity index (χ0) is 23.5. The maximum absolute atomic E-state index is 13.3. The summed E-state index contributed by atoms with van der Waals surface area (Å²) in [6.45, 7) is 0. The third-order valence-corrected chi connectivity index (χ3v) is 5.28. The van der Waals surface area contributed by atoms with Gasteiger partial charge in [-0.3, -0.25) is 15.0 Å². The molecule has 170 valence electrons. The largest absolute Gasteiger partial charge is 0.508 e. The summed E-state index contributed by atoms with van der Waals surface area (Å²) in [6, 6.07) is 16.4. The number of hydrazine groups is 1. The van der Waals surface area contributed by atoms with Gasteiger partial charge in [0.15, 0.2) is 11.5 Å². The van der Waals surface area contributed by atoms with E-state index in [9.17, 15) is 14.7 Å². The van der Waals surface area contributed by atoms with Crippen LogP contribution in [-0.2, 0) is 0 Å². The van der Waals surface area contributed by atoms with Crippen molar-refractivity contribution in [1.29, 1.82) is 0 Å². The summed E-state index contributed by atoms with van der Waals surface area (Å²) in [7, 11) is 4.38. The van der Waals surface area contributed by atoms with Crippen LogP contribution in [0.5, 0.6) is 23.0 Å². The summed E-state index contributed by atoms with van der Waals surface area (Å²) in [5.74, 6) is 0.129. The molecule has 33 heavy (non-hydrogen) atoms. The van der Waals surface area contributed by atoms with Crippen LogP contribution in [-0.4, -0.2) is 43.3 Å². The second-order valence-corrected chi connectivity index (χ2v) is 7.21. The van der Waals surface area contributed by atoms with Gasteiger partial charge in [0.1, 0.15) is 11.9 Å². The lowest BCUT2D eigenvalue weighted by Crippen LogP contribution is -2.52. The normalized spacial score (nSPS) is 14.7. The van der Waals surface area contributed by atoms with Crippen molar-refractivity contribution in [2.45, 2.75) is 6.17 Å². The molecule has 0 spiro atoms. The third kappa shape index (κ3) is 4.08. The van der Waals surface area contributed by atoms with Crippen molar-refractivity contribution in [2.75, 3.05) is 26.6 Å². The van der Waals surface area contributed by atoms with Gasteiger partial charge >= 0.3 is 0 Å². The van der Waals surface area contributed by atoms with Crippen molar-refractivity contribution < 1.29 is 28.9 Å². The summed E-state index contributed by atoms with van der Waals surface area (Å²) >= 11 is 0. The molecule has 1 heterocycles. The number of aromatic hydroxyl groups is 1. The van der Waals surface area contributed by atoms with Crippen LogP contribution in [0.3, 0.4) is 0 Å². The summed E-state index contributed by atoms with van der Waals surface area (Å²) < 4.78 is 16.0. The number of nitrogens with one attached hydrogen (secondary N) is 2. The standard InChI is InChI=1S/C24H23N3O6/c1-31-19-12-15(13-20(32-2)21(19)33-3)23(29)26-27-22(14-8-10-16(28)11-9-14)25-18-7-5-4-6-17(18)24(27)30/h4-13,22,25,28H,1-3H3,(H,26,29). The van der Waals surface area contributed by atoms with Crippen molar-refractivity contribution in [3.05, 3.63) is 77.4 Å². The fourth-order valence-corrected chi connectivity index (χ4v) is 3.64. The van der Waals surface area contributed by atoms with E-state index in [1.165, 1.54) is 50.6 Å². The van der Waals surface area contributed by atoms with Crippen LogP contribution in [0.1, 0.15) is 32.4 Å². The number of phenolic OH excluding ortho intramolecular Hbond substituents is 1. The number of para-hydroxylation sites is 1. The minimum Gasteiger partial charge on any atom is -0.508 e. The Morgan fingerprint density at radius 1 is 0.970 bits per heavy atom. The number of fused-ring (bicyclic) bond motifs is 1. The third-order valence-electron chi connectivity index (χ3n) is 5.28. The number of ether oxygens (including phenoxy) is 3. The molecular weight excluding hydrogens is 426 g/mol. The number of hydrogen-bond donors (Lipinski definition) is 3. The second-order valence-electron chi connectivity index (χ2n) is 7.21. The van der Waals surface area contributed by atoms with Gasteiger partial charge in [-0.15, -0.1) is 0 Å². The molecule has 9 nitrogen and oxygen atoms in total. The van der Waals surface area contributed by atoms with E-state index in [-0.39, 0.29) is 17.2 Å². The highest BCUT2D eigenvalue weighted by molar-refractivity contribution is 6.04. The molecule has 0 radical (unpaired) electrons. The van der Waals surface area contributed by atoms with Crippen molar-refractivity contribution >= 4 is 17.5 Å². The Morgan fingerprint density at radius 3 is 2.21 bits per heavy atom. The van der Waals surface area contributed by atoms with Gasteiger partial charge < -0.3 is 24.6 Å². The number of amides is 2. The lowest BCUT2D eigenvalue weighted by atomic mass is 10.0. The molecule has 0 fully saturated rings. The molecule has 0 bridgehead atoms. The van der Waals surface area contributed by atoms with E-state index in [0.29, 0.717) is 34.1 Å². The monoisotopic (exact) mass is 449 g/mol. The lowest BCUT2D eigenvalue weighted by molar-refractivity contribution is 0.0490. The molecule has 1 aliphatic heterocycles. The van der Waals surface area contributed by atoms with E-state index in [4.69, 9.17) is 14.2 Å². The predicted octanol–water partition coefficient (Wildman–Crippen LogP) is 3.33. The van der Waals surface area contributed by atoms with Gasteiger partial charge in [-0.2, -0.15) is 0 Å². The highest BCUT2D eigenvalue weighted by Crippen LogP contribution is 2.38. The highest BCUT2D eigenvalue weighted by Gasteiger charge is 2.34. The summed E-state index contributed by atoms with van der Waals surface area (Å²) in [6.07, 6.45) is -0.709. The Morgan fingerprint density at radius 2 is 1.61 bits per heavy atom. The molecular formula is C24H23N3O6. The molecule has 3 aromatic rings. The predicted molar refractivity (Wildman–Crippen MR) is 121 cm³/mol. The molecule has 1 unspecified atom stereocenters. The maximum atomic E-state index is 13.3. The van der Waals surface area contributed by atoms with Crippen LogP contribution < -0.4 is 25.0 Å².